The quantitative estimate of drug-likeness (QED) is 0.763. The summed E-state index contributed by atoms with van der Waals surface area (Å²) in [6.45, 7) is 5.79. The van der Waals surface area contributed by atoms with E-state index >= 15 is 0 Å². The Morgan fingerprint density at radius 2 is 1.95 bits per heavy atom. The van der Waals surface area contributed by atoms with Gasteiger partial charge in [-0.2, -0.15) is 0 Å². The number of likely N-dealkylation sites (tertiary alicyclic amines) is 1. The van der Waals surface area contributed by atoms with Crippen LogP contribution in [0.1, 0.15) is 51.1 Å². The van der Waals surface area contributed by atoms with Crippen molar-refractivity contribution in [2.24, 2.45) is 0 Å². The summed E-state index contributed by atoms with van der Waals surface area (Å²) in [4.78, 5) is 14.8. The van der Waals surface area contributed by atoms with Crippen molar-refractivity contribution in [3.63, 3.8) is 0 Å². The van der Waals surface area contributed by atoms with Crippen LogP contribution in [0.3, 0.4) is 0 Å². The molecule has 0 radical (unpaired) electrons. The van der Waals surface area contributed by atoms with Crippen molar-refractivity contribution in [1.82, 2.24) is 4.90 Å². The first-order valence-corrected chi connectivity index (χ1v) is 8.20. The Morgan fingerprint density at radius 1 is 1.29 bits per heavy atom. The van der Waals surface area contributed by atoms with Crippen LogP contribution in [0, 0.1) is 0 Å². The minimum absolute atomic E-state index is 0.0627. The molecule has 1 aliphatic rings. The lowest BCUT2D eigenvalue weighted by molar-refractivity contribution is -0.155. The van der Waals surface area contributed by atoms with Crippen molar-refractivity contribution in [2.45, 2.75) is 51.7 Å². The first-order valence-electron chi connectivity index (χ1n) is 7.82. The van der Waals surface area contributed by atoms with E-state index in [0.717, 1.165) is 37.9 Å². The van der Waals surface area contributed by atoms with Crippen molar-refractivity contribution < 1.29 is 9.53 Å². The van der Waals surface area contributed by atoms with Crippen LogP contribution in [-0.2, 0) is 9.53 Å². The summed E-state index contributed by atoms with van der Waals surface area (Å²) in [7, 11) is 0. The average Bonchev–Trinajstić information content (AvgIpc) is 2.50. The summed E-state index contributed by atoms with van der Waals surface area (Å²) in [6, 6.07) is 7.20. The highest BCUT2D eigenvalue weighted by Gasteiger charge is 2.32. The molecular weight excluding hydrogens is 286 g/mol. The third kappa shape index (κ3) is 4.21. The highest BCUT2D eigenvalue weighted by molar-refractivity contribution is 6.31. The van der Waals surface area contributed by atoms with Crippen molar-refractivity contribution in [1.29, 1.82) is 0 Å². The van der Waals surface area contributed by atoms with Gasteiger partial charge in [0.15, 0.2) is 0 Å². The number of carbonyl (C=O) groups is 1. The van der Waals surface area contributed by atoms with Gasteiger partial charge in [-0.25, -0.2) is 4.79 Å². The minimum Gasteiger partial charge on any atom is -0.461 e. The largest absolute Gasteiger partial charge is 0.461 e. The Labute approximate surface area is 132 Å². The summed E-state index contributed by atoms with van der Waals surface area (Å²) in [5, 5.41) is 0.633. The van der Waals surface area contributed by atoms with E-state index in [4.69, 9.17) is 16.3 Å². The Morgan fingerprint density at radius 3 is 2.57 bits per heavy atom. The van der Waals surface area contributed by atoms with Gasteiger partial charge in [-0.3, -0.25) is 4.90 Å². The van der Waals surface area contributed by atoms with Gasteiger partial charge in [-0.05, 0) is 50.9 Å². The van der Waals surface area contributed by atoms with Crippen LogP contribution in [0.2, 0.25) is 5.02 Å². The molecule has 3 nitrogen and oxygen atoms in total. The molecule has 0 aromatic heterocycles. The fourth-order valence-electron chi connectivity index (χ4n) is 2.69. The molecule has 4 heteroatoms. The highest BCUT2D eigenvalue weighted by Crippen LogP contribution is 2.31. The van der Waals surface area contributed by atoms with E-state index in [0.29, 0.717) is 5.02 Å². The summed E-state index contributed by atoms with van der Waals surface area (Å²) in [5.41, 5.74) is 0.856. The van der Waals surface area contributed by atoms with Gasteiger partial charge in [-0.1, -0.05) is 43.1 Å². The van der Waals surface area contributed by atoms with Gasteiger partial charge in [0, 0.05) is 5.02 Å². The van der Waals surface area contributed by atoms with E-state index < -0.39 is 0 Å². The van der Waals surface area contributed by atoms with Gasteiger partial charge >= 0.3 is 5.97 Å². The van der Waals surface area contributed by atoms with Crippen LogP contribution < -0.4 is 0 Å². The van der Waals surface area contributed by atoms with E-state index in [9.17, 15) is 4.79 Å². The van der Waals surface area contributed by atoms with Gasteiger partial charge in [0.2, 0.25) is 0 Å². The Kier molecular flexibility index (Phi) is 6.07. The van der Waals surface area contributed by atoms with Crippen LogP contribution in [0.15, 0.2) is 24.3 Å². The molecule has 0 N–H and O–H groups in total. The maximum absolute atomic E-state index is 12.6. The predicted octanol–water partition coefficient (Wildman–Crippen LogP) is 4.21. The van der Waals surface area contributed by atoms with E-state index in [-0.39, 0.29) is 18.1 Å². The molecule has 0 bridgehead atoms. The van der Waals surface area contributed by atoms with Crippen LogP contribution in [-0.4, -0.2) is 30.1 Å². The first kappa shape index (κ1) is 16.3. The number of rotatable bonds is 5. The molecule has 1 aliphatic heterocycles. The number of nitrogens with zero attached hydrogens (tertiary/aromatic N) is 1. The molecule has 2 rings (SSSR count). The number of carbonyl (C=O) groups excluding carboxylic acids is 1. The van der Waals surface area contributed by atoms with Crippen LogP contribution in [0.4, 0.5) is 0 Å². The number of hydrogen-bond donors (Lipinski definition) is 0. The average molecular weight is 310 g/mol. The highest BCUT2D eigenvalue weighted by atomic mass is 35.5. The third-order valence-corrected chi connectivity index (χ3v) is 4.42. The summed E-state index contributed by atoms with van der Waals surface area (Å²) in [6.07, 6.45) is 4.23. The molecule has 0 saturated carbocycles. The number of benzene rings is 1. The molecule has 0 aliphatic carbocycles. The minimum atomic E-state index is -0.381. The molecule has 1 saturated heterocycles. The number of ether oxygens (including phenoxy) is 1. The fourth-order valence-corrected chi connectivity index (χ4v) is 2.93. The SMILES string of the molecule is CC[C@H](C)OC(=O)[C@H](c1ccccc1Cl)N1CCCCC1. The van der Waals surface area contributed by atoms with Gasteiger partial charge in [0.05, 0.1) is 6.10 Å². The molecule has 2 atom stereocenters. The standard InChI is InChI=1S/C17H24ClNO2/c1-3-13(2)21-17(20)16(19-11-7-4-8-12-19)14-9-5-6-10-15(14)18/h5-6,9-10,13,16H,3-4,7-8,11-12H2,1-2H3/t13-,16-/m0/s1. The lowest BCUT2D eigenvalue weighted by Gasteiger charge is -2.34. The van der Waals surface area contributed by atoms with E-state index in [2.05, 4.69) is 4.90 Å². The molecule has 1 heterocycles. The second kappa shape index (κ2) is 7.81. The Bertz CT molecular complexity index is 472. The topological polar surface area (TPSA) is 29.5 Å². The maximum Gasteiger partial charge on any atom is 0.328 e. The second-order valence-electron chi connectivity index (χ2n) is 5.68. The zero-order valence-corrected chi connectivity index (χ0v) is 13.6. The Hall–Kier alpha value is -1.06. The molecule has 0 spiro atoms. The first-order chi connectivity index (χ1) is 10.1. The summed E-state index contributed by atoms with van der Waals surface area (Å²) < 4.78 is 5.59. The van der Waals surface area contributed by atoms with Gasteiger partial charge in [0.25, 0.3) is 0 Å². The molecular formula is C17H24ClNO2. The van der Waals surface area contributed by atoms with Gasteiger partial charge < -0.3 is 4.74 Å². The number of piperidine rings is 1. The van der Waals surface area contributed by atoms with Crippen LogP contribution in [0.5, 0.6) is 0 Å². The molecule has 21 heavy (non-hydrogen) atoms. The lowest BCUT2D eigenvalue weighted by Crippen LogP contribution is -2.39. The van der Waals surface area contributed by atoms with Crippen molar-refractivity contribution in [3.8, 4) is 0 Å². The number of hydrogen-bond acceptors (Lipinski definition) is 3. The Balaban J connectivity index is 2.25. The zero-order chi connectivity index (χ0) is 15.2. The summed E-state index contributed by atoms with van der Waals surface area (Å²) >= 11 is 6.32. The van der Waals surface area contributed by atoms with E-state index in [1.54, 1.807) is 0 Å². The fraction of sp³-hybridized carbons (Fsp3) is 0.588. The van der Waals surface area contributed by atoms with Crippen molar-refractivity contribution in [2.75, 3.05) is 13.1 Å². The van der Waals surface area contributed by atoms with E-state index in [1.807, 2.05) is 38.1 Å². The smallest absolute Gasteiger partial charge is 0.328 e. The van der Waals surface area contributed by atoms with Crippen LogP contribution in [0.25, 0.3) is 0 Å². The zero-order valence-electron chi connectivity index (χ0n) is 12.8. The normalized spacial score (nSPS) is 19.0. The maximum atomic E-state index is 12.6. The molecule has 1 aromatic carbocycles. The molecule has 1 fully saturated rings. The van der Waals surface area contributed by atoms with Crippen LogP contribution >= 0.6 is 11.6 Å². The molecule has 116 valence electrons. The van der Waals surface area contributed by atoms with Crippen molar-refractivity contribution in [3.05, 3.63) is 34.9 Å². The van der Waals surface area contributed by atoms with Gasteiger partial charge in [-0.15, -0.1) is 0 Å². The number of esters is 1. The molecule has 0 amide bonds. The lowest BCUT2D eigenvalue weighted by atomic mass is 10.0. The van der Waals surface area contributed by atoms with E-state index in [1.165, 1.54) is 6.42 Å². The summed E-state index contributed by atoms with van der Waals surface area (Å²) in [5.74, 6) is -0.181. The predicted molar refractivity (Wildman–Crippen MR) is 85.5 cm³/mol. The molecule has 0 unspecified atom stereocenters. The second-order valence-corrected chi connectivity index (χ2v) is 6.08. The third-order valence-electron chi connectivity index (χ3n) is 4.07. The molecule has 1 aromatic rings. The van der Waals surface area contributed by atoms with Crippen molar-refractivity contribution >= 4 is 17.6 Å². The van der Waals surface area contributed by atoms with Gasteiger partial charge in [0.1, 0.15) is 6.04 Å². The number of halogens is 1. The monoisotopic (exact) mass is 309 g/mol.